The predicted molar refractivity (Wildman–Crippen MR) is 71.6 cm³/mol. The van der Waals surface area contributed by atoms with E-state index in [2.05, 4.69) is 10.4 Å². The second-order valence-electron chi connectivity index (χ2n) is 3.98. The van der Waals surface area contributed by atoms with Crippen molar-refractivity contribution in [2.24, 2.45) is 18.2 Å². The Balaban J connectivity index is 2.90. The highest BCUT2D eigenvalue weighted by Crippen LogP contribution is 2.28. The summed E-state index contributed by atoms with van der Waals surface area (Å²) in [5, 5.41) is 6.84. The summed E-state index contributed by atoms with van der Waals surface area (Å²) in [6, 6.07) is 1.73. The molecule has 0 saturated carbocycles. The zero-order chi connectivity index (χ0) is 13.1. The number of anilines is 1. The first-order valence-corrected chi connectivity index (χ1v) is 5.98. The number of rotatable bonds is 5. The van der Waals surface area contributed by atoms with Gasteiger partial charge < -0.3 is 11.1 Å². The molecule has 1 rings (SSSR count). The number of nitrogens with two attached hydrogens (primary N) is 1. The summed E-state index contributed by atoms with van der Waals surface area (Å²) in [4.78, 5) is 12.5. The molecule has 0 aliphatic heterocycles. The number of thiocarbonyl (C=S) groups is 1. The third kappa shape index (κ3) is 2.63. The molecule has 3 N–H and O–H groups in total. The zero-order valence-electron chi connectivity index (χ0n) is 10.4. The van der Waals surface area contributed by atoms with Crippen molar-refractivity contribution in [2.75, 3.05) is 5.32 Å². The lowest BCUT2D eigenvalue weighted by Gasteiger charge is -2.28. The number of aryl methyl sites for hydroxylation is 1. The normalized spacial score (nSPS) is 11.2. The predicted octanol–water partition coefficient (Wildman–Crippen LogP) is 1.45. The number of aromatic nitrogens is 2. The van der Waals surface area contributed by atoms with Crippen LogP contribution in [-0.2, 0) is 11.8 Å². The lowest BCUT2D eigenvalue weighted by atomic mass is 9.81. The summed E-state index contributed by atoms with van der Waals surface area (Å²) in [6.45, 7) is 3.81. The molecule has 5 nitrogen and oxygen atoms in total. The number of hydrogen-bond acceptors (Lipinski definition) is 3. The van der Waals surface area contributed by atoms with E-state index < -0.39 is 5.41 Å². The van der Waals surface area contributed by atoms with E-state index in [4.69, 9.17) is 18.0 Å². The number of nitrogens with one attached hydrogen (secondary N) is 1. The molecule has 0 saturated heterocycles. The van der Waals surface area contributed by atoms with Crippen molar-refractivity contribution in [1.29, 1.82) is 0 Å². The van der Waals surface area contributed by atoms with Gasteiger partial charge in [0.05, 0.1) is 10.4 Å². The van der Waals surface area contributed by atoms with Crippen LogP contribution in [0.3, 0.4) is 0 Å². The van der Waals surface area contributed by atoms with Crippen LogP contribution in [0.15, 0.2) is 12.3 Å². The van der Waals surface area contributed by atoms with Crippen LogP contribution in [-0.4, -0.2) is 20.7 Å². The van der Waals surface area contributed by atoms with Crippen LogP contribution < -0.4 is 11.1 Å². The van der Waals surface area contributed by atoms with E-state index in [-0.39, 0.29) is 10.9 Å². The molecule has 0 radical (unpaired) electrons. The fourth-order valence-corrected chi connectivity index (χ4v) is 2.13. The highest BCUT2D eigenvalue weighted by atomic mass is 32.1. The van der Waals surface area contributed by atoms with Gasteiger partial charge in [-0.05, 0) is 12.8 Å². The number of carbonyl (C=O) groups excluding carboxylic acids is 1. The Bertz CT molecular complexity index is 423. The maximum Gasteiger partial charge on any atom is 0.238 e. The minimum Gasteiger partial charge on any atom is -0.392 e. The Hall–Kier alpha value is -1.43. The Morgan fingerprint density at radius 2 is 2.18 bits per heavy atom. The quantitative estimate of drug-likeness (QED) is 0.780. The molecule has 0 fully saturated rings. The van der Waals surface area contributed by atoms with Gasteiger partial charge in [-0.1, -0.05) is 26.1 Å². The molecule has 17 heavy (non-hydrogen) atoms. The van der Waals surface area contributed by atoms with Crippen LogP contribution in [0.4, 0.5) is 5.82 Å². The van der Waals surface area contributed by atoms with Gasteiger partial charge in [-0.15, -0.1) is 0 Å². The van der Waals surface area contributed by atoms with Crippen LogP contribution >= 0.6 is 12.2 Å². The minimum absolute atomic E-state index is 0.186. The third-order valence-electron chi connectivity index (χ3n) is 3.07. The second-order valence-corrected chi connectivity index (χ2v) is 4.42. The molecule has 1 aromatic rings. The van der Waals surface area contributed by atoms with E-state index in [1.54, 1.807) is 24.0 Å². The Morgan fingerprint density at radius 3 is 2.53 bits per heavy atom. The highest BCUT2D eigenvalue weighted by Gasteiger charge is 2.38. The average molecular weight is 254 g/mol. The van der Waals surface area contributed by atoms with E-state index in [1.165, 1.54) is 0 Å². The van der Waals surface area contributed by atoms with Gasteiger partial charge >= 0.3 is 0 Å². The Labute approximate surface area is 106 Å². The summed E-state index contributed by atoms with van der Waals surface area (Å²) >= 11 is 5.02. The van der Waals surface area contributed by atoms with Crippen LogP contribution in [0.1, 0.15) is 26.7 Å². The lowest BCUT2D eigenvalue weighted by Crippen LogP contribution is -2.45. The van der Waals surface area contributed by atoms with Gasteiger partial charge in [0.2, 0.25) is 5.91 Å². The molecule has 0 spiro atoms. The molecule has 0 unspecified atom stereocenters. The Morgan fingerprint density at radius 1 is 1.59 bits per heavy atom. The van der Waals surface area contributed by atoms with Gasteiger partial charge in [0.15, 0.2) is 5.82 Å². The fourth-order valence-electron chi connectivity index (χ4n) is 1.75. The van der Waals surface area contributed by atoms with E-state index in [0.29, 0.717) is 18.7 Å². The summed E-state index contributed by atoms with van der Waals surface area (Å²) in [5.74, 6) is 0.328. The molecule has 1 aromatic heterocycles. The van der Waals surface area contributed by atoms with Gasteiger partial charge in [-0.3, -0.25) is 9.48 Å². The molecule has 6 heteroatoms. The zero-order valence-corrected chi connectivity index (χ0v) is 11.2. The average Bonchev–Trinajstić information content (AvgIpc) is 2.66. The molecule has 1 amide bonds. The second kappa shape index (κ2) is 5.27. The van der Waals surface area contributed by atoms with Gasteiger partial charge in [0.25, 0.3) is 0 Å². The molecule has 0 aromatic carbocycles. The summed E-state index contributed by atoms with van der Waals surface area (Å²) in [7, 11) is 1.79. The first-order valence-electron chi connectivity index (χ1n) is 5.57. The summed E-state index contributed by atoms with van der Waals surface area (Å²) in [5.41, 5.74) is 4.91. The first-order chi connectivity index (χ1) is 7.96. The molecular weight excluding hydrogens is 236 g/mol. The van der Waals surface area contributed by atoms with Crippen LogP contribution in [0, 0.1) is 5.41 Å². The molecule has 0 aliphatic rings. The van der Waals surface area contributed by atoms with Crippen LogP contribution in [0.25, 0.3) is 0 Å². The molecule has 94 valence electrons. The van der Waals surface area contributed by atoms with Crippen LogP contribution in [0.5, 0.6) is 0 Å². The third-order valence-corrected chi connectivity index (χ3v) is 3.46. The molecule has 1 heterocycles. The largest absolute Gasteiger partial charge is 0.392 e. The van der Waals surface area contributed by atoms with Crippen molar-refractivity contribution >= 4 is 28.9 Å². The SMILES string of the molecule is CCC(CC)(C(=O)Nc1ccn(C)n1)C(N)=S. The maximum absolute atomic E-state index is 12.2. The molecule has 0 aliphatic carbocycles. The van der Waals surface area contributed by atoms with Crippen molar-refractivity contribution in [3.05, 3.63) is 12.3 Å². The fraction of sp³-hybridized carbons (Fsp3) is 0.545. The van der Waals surface area contributed by atoms with E-state index in [1.807, 2.05) is 13.8 Å². The first kappa shape index (κ1) is 13.6. The molecular formula is C11H18N4OS. The highest BCUT2D eigenvalue weighted by molar-refractivity contribution is 7.80. The Kier molecular flexibility index (Phi) is 4.22. The van der Waals surface area contributed by atoms with Crippen molar-refractivity contribution in [3.63, 3.8) is 0 Å². The maximum atomic E-state index is 12.2. The van der Waals surface area contributed by atoms with Gasteiger partial charge in [-0.2, -0.15) is 5.10 Å². The number of amides is 1. The summed E-state index contributed by atoms with van der Waals surface area (Å²) < 4.78 is 1.62. The van der Waals surface area contributed by atoms with E-state index in [0.717, 1.165) is 0 Å². The van der Waals surface area contributed by atoms with Crippen molar-refractivity contribution in [1.82, 2.24) is 9.78 Å². The van der Waals surface area contributed by atoms with Crippen molar-refractivity contribution < 1.29 is 4.79 Å². The standard InChI is InChI=1S/C11H18N4OS/c1-4-11(5-2,9(12)17)10(16)13-8-6-7-15(3)14-8/h6-7H,4-5H2,1-3H3,(H2,12,17)(H,13,14,16). The number of hydrogen-bond donors (Lipinski definition) is 2. The minimum atomic E-state index is -0.785. The van der Waals surface area contributed by atoms with E-state index >= 15 is 0 Å². The summed E-state index contributed by atoms with van der Waals surface area (Å²) in [6.07, 6.45) is 2.92. The molecule has 0 bridgehead atoms. The molecule has 0 atom stereocenters. The number of carbonyl (C=O) groups is 1. The monoisotopic (exact) mass is 254 g/mol. The number of nitrogens with zero attached hydrogens (tertiary/aromatic N) is 2. The van der Waals surface area contributed by atoms with Crippen LogP contribution in [0.2, 0.25) is 0 Å². The lowest BCUT2D eigenvalue weighted by molar-refractivity contribution is -0.122. The van der Waals surface area contributed by atoms with Gasteiger partial charge in [-0.25, -0.2) is 0 Å². The van der Waals surface area contributed by atoms with E-state index in [9.17, 15) is 4.79 Å². The van der Waals surface area contributed by atoms with Crippen molar-refractivity contribution in [3.8, 4) is 0 Å². The smallest absolute Gasteiger partial charge is 0.238 e. The van der Waals surface area contributed by atoms with Gasteiger partial charge in [0.1, 0.15) is 0 Å². The topological polar surface area (TPSA) is 72.9 Å². The van der Waals surface area contributed by atoms with Gasteiger partial charge in [0, 0.05) is 19.3 Å². The van der Waals surface area contributed by atoms with Crippen molar-refractivity contribution in [2.45, 2.75) is 26.7 Å².